The normalized spacial score (nSPS) is 12.1. The van der Waals surface area contributed by atoms with Gasteiger partial charge in [0.25, 0.3) is 0 Å². The molecule has 1 N–H and O–H groups in total. The number of carbonyl (C=O) groups is 1. The molecular formula is C16H16O2. The topological polar surface area (TPSA) is 37.3 Å². The van der Waals surface area contributed by atoms with E-state index in [2.05, 4.69) is 0 Å². The summed E-state index contributed by atoms with van der Waals surface area (Å²) >= 11 is 0. The minimum absolute atomic E-state index is 0.101. The number of Topliss-reactive ketones (excluding diaryl/α,β-unsaturated/α-hetero) is 1. The summed E-state index contributed by atoms with van der Waals surface area (Å²) in [6.45, 7) is 3.62. The highest BCUT2D eigenvalue weighted by Gasteiger charge is 2.18. The molecule has 0 aliphatic carbocycles. The average Bonchev–Trinajstić information content (AvgIpc) is 2.34. The summed E-state index contributed by atoms with van der Waals surface area (Å²) in [5, 5.41) is 9.30. The Morgan fingerprint density at radius 3 is 1.83 bits per heavy atom. The quantitative estimate of drug-likeness (QED) is 0.892. The van der Waals surface area contributed by atoms with Crippen molar-refractivity contribution in [3.8, 4) is 5.75 Å². The summed E-state index contributed by atoms with van der Waals surface area (Å²) in [5.74, 6) is 0.0562. The molecule has 0 aliphatic heterocycles. The van der Waals surface area contributed by atoms with Crippen molar-refractivity contribution >= 4 is 5.78 Å². The third-order valence-electron chi connectivity index (χ3n) is 3.04. The van der Waals surface area contributed by atoms with Gasteiger partial charge in [0.1, 0.15) is 11.5 Å². The maximum absolute atomic E-state index is 11.9. The molecule has 0 amide bonds. The van der Waals surface area contributed by atoms with E-state index in [0.717, 1.165) is 11.1 Å². The Bertz CT molecular complexity index is 493. The molecule has 2 heteroatoms. The van der Waals surface area contributed by atoms with Gasteiger partial charge in [-0.3, -0.25) is 4.79 Å². The van der Waals surface area contributed by atoms with E-state index in [1.165, 1.54) is 5.56 Å². The molecule has 0 aliphatic rings. The first-order chi connectivity index (χ1) is 8.58. The number of carbonyl (C=O) groups excluding carboxylic acids is 1. The van der Waals surface area contributed by atoms with Crippen molar-refractivity contribution in [2.75, 3.05) is 0 Å². The van der Waals surface area contributed by atoms with E-state index in [9.17, 15) is 9.90 Å². The highest BCUT2D eigenvalue weighted by molar-refractivity contribution is 5.86. The molecule has 0 radical (unpaired) electrons. The number of benzene rings is 2. The lowest BCUT2D eigenvalue weighted by molar-refractivity contribution is -0.117. The van der Waals surface area contributed by atoms with Crippen molar-refractivity contribution in [2.45, 2.75) is 19.8 Å². The molecule has 0 heterocycles. The zero-order chi connectivity index (χ0) is 13.1. The Morgan fingerprint density at radius 1 is 0.944 bits per heavy atom. The van der Waals surface area contributed by atoms with Crippen molar-refractivity contribution < 1.29 is 9.90 Å². The van der Waals surface area contributed by atoms with Crippen molar-refractivity contribution in [3.05, 3.63) is 65.2 Å². The molecule has 0 aromatic heterocycles. The fourth-order valence-corrected chi connectivity index (χ4v) is 2.09. The fourth-order valence-electron chi connectivity index (χ4n) is 2.09. The van der Waals surface area contributed by atoms with Gasteiger partial charge < -0.3 is 5.11 Å². The number of ketones is 1. The fraction of sp³-hybridized carbons (Fsp3) is 0.188. The Kier molecular flexibility index (Phi) is 3.47. The second-order valence-corrected chi connectivity index (χ2v) is 4.55. The van der Waals surface area contributed by atoms with E-state index in [-0.39, 0.29) is 17.5 Å². The molecule has 0 bridgehead atoms. The predicted molar refractivity (Wildman–Crippen MR) is 71.8 cm³/mol. The van der Waals surface area contributed by atoms with E-state index in [1.807, 2.05) is 31.2 Å². The third kappa shape index (κ3) is 2.59. The van der Waals surface area contributed by atoms with Gasteiger partial charge in [-0.2, -0.15) is 0 Å². The zero-order valence-corrected chi connectivity index (χ0v) is 10.6. The van der Waals surface area contributed by atoms with Crippen molar-refractivity contribution in [2.24, 2.45) is 0 Å². The molecule has 0 fully saturated rings. The maximum Gasteiger partial charge on any atom is 0.141 e. The van der Waals surface area contributed by atoms with Gasteiger partial charge in [0.2, 0.25) is 0 Å². The van der Waals surface area contributed by atoms with E-state index >= 15 is 0 Å². The van der Waals surface area contributed by atoms with E-state index in [4.69, 9.17) is 0 Å². The lowest BCUT2D eigenvalue weighted by Gasteiger charge is -2.15. The van der Waals surface area contributed by atoms with Crippen LogP contribution in [-0.4, -0.2) is 10.9 Å². The largest absolute Gasteiger partial charge is 0.508 e. The Balaban J connectivity index is 2.43. The Hall–Kier alpha value is -2.09. The minimum atomic E-state index is -0.258. The second-order valence-electron chi connectivity index (χ2n) is 4.55. The van der Waals surface area contributed by atoms with Gasteiger partial charge in [-0.25, -0.2) is 0 Å². The first kappa shape index (κ1) is 12.4. The molecule has 0 saturated heterocycles. The van der Waals surface area contributed by atoms with Crippen LogP contribution in [0.1, 0.15) is 29.5 Å². The standard InChI is InChI=1S/C16H16O2/c1-11-3-5-13(6-4-11)16(12(2)17)14-7-9-15(18)10-8-14/h3-10,16,18H,1-2H3. The van der Waals surface area contributed by atoms with E-state index < -0.39 is 0 Å². The van der Waals surface area contributed by atoms with Crippen LogP contribution in [0.25, 0.3) is 0 Å². The number of phenols is 1. The number of hydrogen-bond donors (Lipinski definition) is 1. The summed E-state index contributed by atoms with van der Waals surface area (Å²) < 4.78 is 0. The highest BCUT2D eigenvalue weighted by atomic mass is 16.3. The van der Waals surface area contributed by atoms with Gasteiger partial charge >= 0.3 is 0 Å². The molecule has 0 saturated carbocycles. The molecule has 92 valence electrons. The molecule has 2 nitrogen and oxygen atoms in total. The maximum atomic E-state index is 11.9. The molecule has 2 aromatic carbocycles. The SMILES string of the molecule is CC(=O)C(c1ccc(C)cc1)c1ccc(O)cc1. The molecule has 2 aromatic rings. The highest BCUT2D eigenvalue weighted by Crippen LogP contribution is 2.27. The monoisotopic (exact) mass is 240 g/mol. The van der Waals surface area contributed by atoms with Gasteiger partial charge in [-0.1, -0.05) is 42.0 Å². The zero-order valence-electron chi connectivity index (χ0n) is 10.6. The van der Waals surface area contributed by atoms with Crippen LogP contribution in [0.2, 0.25) is 0 Å². The average molecular weight is 240 g/mol. The van der Waals surface area contributed by atoms with Crippen LogP contribution in [0.15, 0.2) is 48.5 Å². The van der Waals surface area contributed by atoms with Gasteiger partial charge in [-0.05, 0) is 37.1 Å². The van der Waals surface area contributed by atoms with Crippen LogP contribution < -0.4 is 0 Å². The van der Waals surface area contributed by atoms with Crippen LogP contribution in [0.4, 0.5) is 0 Å². The first-order valence-corrected chi connectivity index (χ1v) is 5.94. The summed E-state index contributed by atoms with van der Waals surface area (Å²) in [6.07, 6.45) is 0. The summed E-state index contributed by atoms with van der Waals surface area (Å²) in [7, 11) is 0. The van der Waals surface area contributed by atoms with Gasteiger partial charge in [-0.15, -0.1) is 0 Å². The molecule has 0 spiro atoms. The van der Waals surface area contributed by atoms with E-state index in [0.29, 0.717) is 0 Å². The van der Waals surface area contributed by atoms with Crippen molar-refractivity contribution in [1.82, 2.24) is 0 Å². The van der Waals surface area contributed by atoms with Crippen molar-refractivity contribution in [1.29, 1.82) is 0 Å². The van der Waals surface area contributed by atoms with Crippen LogP contribution >= 0.6 is 0 Å². The molecule has 18 heavy (non-hydrogen) atoms. The molecule has 1 atom stereocenters. The number of phenolic OH excluding ortho intramolecular Hbond substituents is 1. The summed E-state index contributed by atoms with van der Waals surface area (Å²) in [5.41, 5.74) is 3.06. The lowest BCUT2D eigenvalue weighted by Crippen LogP contribution is -2.10. The smallest absolute Gasteiger partial charge is 0.141 e. The second kappa shape index (κ2) is 5.05. The van der Waals surface area contributed by atoms with Gasteiger partial charge in [0.15, 0.2) is 0 Å². The van der Waals surface area contributed by atoms with Crippen LogP contribution in [0.5, 0.6) is 5.75 Å². The number of hydrogen-bond acceptors (Lipinski definition) is 2. The van der Waals surface area contributed by atoms with Gasteiger partial charge in [0.05, 0.1) is 5.92 Å². The third-order valence-corrected chi connectivity index (χ3v) is 3.04. The van der Waals surface area contributed by atoms with Crippen LogP contribution in [0, 0.1) is 6.92 Å². The van der Waals surface area contributed by atoms with Crippen LogP contribution in [-0.2, 0) is 4.79 Å². The number of aryl methyl sites for hydroxylation is 1. The van der Waals surface area contributed by atoms with Crippen LogP contribution in [0.3, 0.4) is 0 Å². The van der Waals surface area contributed by atoms with Crippen molar-refractivity contribution in [3.63, 3.8) is 0 Å². The minimum Gasteiger partial charge on any atom is -0.508 e. The van der Waals surface area contributed by atoms with Gasteiger partial charge in [0, 0.05) is 0 Å². The predicted octanol–water partition coefficient (Wildman–Crippen LogP) is 3.42. The summed E-state index contributed by atoms with van der Waals surface area (Å²) in [4.78, 5) is 11.9. The lowest BCUT2D eigenvalue weighted by atomic mass is 9.88. The molecule has 2 rings (SSSR count). The number of aromatic hydroxyl groups is 1. The molecular weight excluding hydrogens is 224 g/mol. The Morgan fingerprint density at radius 2 is 1.39 bits per heavy atom. The molecule has 1 unspecified atom stereocenters. The van der Waals surface area contributed by atoms with E-state index in [1.54, 1.807) is 31.2 Å². The number of rotatable bonds is 3. The Labute approximate surface area is 107 Å². The summed E-state index contributed by atoms with van der Waals surface area (Å²) in [6, 6.07) is 14.8. The first-order valence-electron chi connectivity index (χ1n) is 5.94.